The van der Waals surface area contributed by atoms with E-state index in [1.807, 2.05) is 0 Å². The first-order chi connectivity index (χ1) is 10.5. The molecule has 0 aliphatic carbocycles. The van der Waals surface area contributed by atoms with Crippen molar-refractivity contribution in [3.8, 4) is 0 Å². The highest BCUT2D eigenvalue weighted by atomic mass is 16.7. The van der Waals surface area contributed by atoms with Gasteiger partial charge in [-0.1, -0.05) is 0 Å². The van der Waals surface area contributed by atoms with E-state index < -0.39 is 47.8 Å². The molecule has 9 heteroatoms. The van der Waals surface area contributed by atoms with Crippen LogP contribution in [0.2, 0.25) is 0 Å². The van der Waals surface area contributed by atoms with Crippen molar-refractivity contribution in [1.82, 2.24) is 5.06 Å². The highest BCUT2D eigenvalue weighted by Crippen LogP contribution is 2.16. The minimum absolute atomic E-state index is 0.0730. The van der Waals surface area contributed by atoms with E-state index in [0.29, 0.717) is 5.06 Å². The molecule has 128 valence electrons. The minimum atomic E-state index is -1.61. The fourth-order valence-corrected chi connectivity index (χ4v) is 1.71. The van der Waals surface area contributed by atoms with E-state index in [4.69, 9.17) is 9.47 Å². The number of amides is 2. The molecule has 1 atom stereocenters. The van der Waals surface area contributed by atoms with Gasteiger partial charge in [-0.25, -0.2) is 4.79 Å². The summed E-state index contributed by atoms with van der Waals surface area (Å²) in [4.78, 5) is 62.2. The van der Waals surface area contributed by atoms with Crippen LogP contribution in [0.15, 0.2) is 0 Å². The van der Waals surface area contributed by atoms with Crippen molar-refractivity contribution >= 4 is 29.7 Å². The predicted octanol–water partition coefficient (Wildman–Crippen LogP) is 0.257. The molecule has 23 heavy (non-hydrogen) atoms. The van der Waals surface area contributed by atoms with Gasteiger partial charge >= 0.3 is 17.9 Å². The zero-order chi connectivity index (χ0) is 17.8. The van der Waals surface area contributed by atoms with E-state index in [1.54, 1.807) is 20.8 Å². The average Bonchev–Trinajstić information content (AvgIpc) is 2.66. The maximum Gasteiger partial charge on any atom is 0.374 e. The van der Waals surface area contributed by atoms with E-state index in [-0.39, 0.29) is 12.8 Å². The van der Waals surface area contributed by atoms with Crippen LogP contribution in [0.1, 0.15) is 47.0 Å². The minimum Gasteiger partial charge on any atom is -0.460 e. The first kappa shape index (κ1) is 18.6. The van der Waals surface area contributed by atoms with Crippen molar-refractivity contribution in [1.29, 1.82) is 0 Å². The first-order valence-corrected chi connectivity index (χ1v) is 6.96. The molecule has 1 rings (SSSR count). The van der Waals surface area contributed by atoms with E-state index in [2.05, 4.69) is 4.84 Å². The standard InChI is InChI=1S/C14H19NO8/c1-8(16)21-9(7-12(19)22-14(2,3)4)13(20)23-15-10(17)5-6-11(15)18/h9H,5-7H2,1-4H3. The Balaban J connectivity index is 2.74. The van der Waals surface area contributed by atoms with Gasteiger partial charge in [0.15, 0.2) is 0 Å². The van der Waals surface area contributed by atoms with Crippen molar-refractivity contribution in [3.63, 3.8) is 0 Å². The Hall–Kier alpha value is -2.45. The number of carbonyl (C=O) groups excluding carboxylic acids is 5. The molecule has 2 amide bonds. The van der Waals surface area contributed by atoms with Crippen LogP contribution in [0.4, 0.5) is 0 Å². The number of rotatable bonds is 5. The molecule has 0 aromatic rings. The number of nitrogens with zero attached hydrogens (tertiary/aromatic N) is 1. The maximum atomic E-state index is 12.0. The van der Waals surface area contributed by atoms with Crippen molar-refractivity contribution < 1.29 is 38.3 Å². The van der Waals surface area contributed by atoms with Crippen molar-refractivity contribution in [2.45, 2.75) is 58.7 Å². The van der Waals surface area contributed by atoms with Crippen molar-refractivity contribution in [3.05, 3.63) is 0 Å². The fraction of sp³-hybridized carbons (Fsp3) is 0.643. The molecular weight excluding hydrogens is 310 g/mol. The third-order valence-electron chi connectivity index (χ3n) is 2.53. The number of hydrogen-bond acceptors (Lipinski definition) is 8. The highest BCUT2D eigenvalue weighted by molar-refractivity contribution is 6.02. The van der Waals surface area contributed by atoms with Crippen LogP contribution in [0.5, 0.6) is 0 Å². The third kappa shape index (κ3) is 6.05. The van der Waals surface area contributed by atoms with Crippen LogP contribution in [0, 0.1) is 0 Å². The van der Waals surface area contributed by atoms with Crippen LogP contribution in [0.3, 0.4) is 0 Å². The Labute approximate surface area is 132 Å². The number of hydroxylamine groups is 2. The zero-order valence-corrected chi connectivity index (χ0v) is 13.4. The van der Waals surface area contributed by atoms with E-state index in [9.17, 15) is 24.0 Å². The molecule has 0 saturated carbocycles. The summed E-state index contributed by atoms with van der Waals surface area (Å²) in [6.07, 6.45) is -2.35. The summed E-state index contributed by atoms with van der Waals surface area (Å²) in [6, 6.07) is 0. The molecule has 0 aromatic carbocycles. The molecule has 1 unspecified atom stereocenters. The lowest BCUT2D eigenvalue weighted by Crippen LogP contribution is -2.39. The number of imide groups is 1. The zero-order valence-electron chi connectivity index (χ0n) is 13.4. The molecule has 1 aliphatic heterocycles. The summed E-state index contributed by atoms with van der Waals surface area (Å²) in [6.45, 7) is 5.93. The van der Waals surface area contributed by atoms with E-state index in [1.165, 1.54) is 0 Å². The molecule has 0 radical (unpaired) electrons. The second kappa shape index (κ2) is 7.21. The molecule has 0 aromatic heterocycles. The Morgan fingerprint density at radius 2 is 1.65 bits per heavy atom. The molecule has 9 nitrogen and oxygen atoms in total. The lowest BCUT2D eigenvalue weighted by molar-refractivity contribution is -0.206. The van der Waals surface area contributed by atoms with Gasteiger partial charge in [-0.2, -0.15) is 0 Å². The van der Waals surface area contributed by atoms with Crippen molar-refractivity contribution in [2.24, 2.45) is 0 Å². The Kier molecular flexibility index (Phi) is 5.83. The largest absolute Gasteiger partial charge is 0.460 e. The monoisotopic (exact) mass is 329 g/mol. The van der Waals surface area contributed by atoms with Crippen LogP contribution >= 0.6 is 0 Å². The van der Waals surface area contributed by atoms with Gasteiger partial charge in [-0.15, -0.1) is 5.06 Å². The number of esters is 2. The third-order valence-corrected chi connectivity index (χ3v) is 2.53. The first-order valence-electron chi connectivity index (χ1n) is 6.96. The predicted molar refractivity (Wildman–Crippen MR) is 73.2 cm³/mol. The molecule has 1 saturated heterocycles. The lowest BCUT2D eigenvalue weighted by Gasteiger charge is -2.22. The van der Waals surface area contributed by atoms with Gasteiger partial charge < -0.3 is 14.3 Å². The van der Waals surface area contributed by atoms with Gasteiger partial charge in [-0.05, 0) is 20.8 Å². The van der Waals surface area contributed by atoms with Crippen molar-refractivity contribution in [2.75, 3.05) is 0 Å². The van der Waals surface area contributed by atoms with Crippen LogP contribution in [0.25, 0.3) is 0 Å². The second-order valence-corrected chi connectivity index (χ2v) is 5.88. The number of carbonyl (C=O) groups is 5. The highest BCUT2D eigenvalue weighted by Gasteiger charge is 2.37. The summed E-state index contributed by atoms with van der Waals surface area (Å²) in [5.41, 5.74) is -0.789. The number of hydrogen-bond donors (Lipinski definition) is 0. The Bertz CT molecular complexity index is 517. The summed E-state index contributed by atoms with van der Waals surface area (Å²) in [5, 5.41) is 0.313. The normalized spacial score (nSPS) is 16.1. The van der Waals surface area contributed by atoms with Crippen LogP contribution in [-0.2, 0) is 38.3 Å². The molecule has 1 aliphatic rings. The Morgan fingerprint density at radius 1 is 1.13 bits per heavy atom. The average molecular weight is 329 g/mol. The van der Waals surface area contributed by atoms with Gasteiger partial charge in [0.05, 0.1) is 6.42 Å². The van der Waals surface area contributed by atoms with E-state index >= 15 is 0 Å². The summed E-state index contributed by atoms with van der Waals surface area (Å²) in [5.74, 6) is -4.17. The van der Waals surface area contributed by atoms with Crippen LogP contribution in [-0.4, -0.2) is 46.5 Å². The summed E-state index contributed by atoms with van der Waals surface area (Å²) < 4.78 is 9.74. The summed E-state index contributed by atoms with van der Waals surface area (Å²) in [7, 11) is 0. The smallest absolute Gasteiger partial charge is 0.374 e. The van der Waals surface area contributed by atoms with Gasteiger partial charge in [0.2, 0.25) is 6.10 Å². The fourth-order valence-electron chi connectivity index (χ4n) is 1.71. The lowest BCUT2D eigenvalue weighted by atomic mass is 10.2. The number of ether oxygens (including phenoxy) is 2. The molecule has 0 bridgehead atoms. The van der Waals surface area contributed by atoms with Gasteiger partial charge in [-0.3, -0.25) is 19.2 Å². The Morgan fingerprint density at radius 3 is 2.09 bits per heavy atom. The summed E-state index contributed by atoms with van der Waals surface area (Å²) >= 11 is 0. The second-order valence-electron chi connectivity index (χ2n) is 5.88. The molecule has 1 fully saturated rings. The topological polar surface area (TPSA) is 116 Å². The molecular formula is C14H19NO8. The molecule has 0 spiro atoms. The SMILES string of the molecule is CC(=O)OC(CC(=O)OC(C)(C)C)C(=O)ON1C(=O)CCC1=O. The quantitative estimate of drug-likeness (QED) is 0.521. The molecule has 1 heterocycles. The van der Waals surface area contributed by atoms with Gasteiger partial charge in [0.1, 0.15) is 5.60 Å². The molecule has 0 N–H and O–H groups in total. The van der Waals surface area contributed by atoms with E-state index in [0.717, 1.165) is 6.92 Å². The van der Waals surface area contributed by atoms with Crippen LogP contribution < -0.4 is 0 Å². The van der Waals surface area contributed by atoms with Gasteiger partial charge in [0.25, 0.3) is 11.8 Å². The van der Waals surface area contributed by atoms with Gasteiger partial charge in [0, 0.05) is 19.8 Å². The maximum absolute atomic E-state index is 12.0.